The van der Waals surface area contributed by atoms with Crippen LogP contribution in [0.5, 0.6) is 0 Å². The van der Waals surface area contributed by atoms with Crippen molar-refractivity contribution >= 4 is 5.97 Å². The fraction of sp³-hybridized carbons (Fsp3) is 0.556. The Kier molecular flexibility index (Phi) is 3.50. The number of carboxylic acids is 1. The third-order valence-electron chi connectivity index (χ3n) is 2.10. The quantitative estimate of drug-likeness (QED) is 0.740. The highest BCUT2D eigenvalue weighted by Crippen LogP contribution is 2.15. The van der Waals surface area contributed by atoms with Gasteiger partial charge in [0.25, 0.3) is 0 Å². The van der Waals surface area contributed by atoms with Gasteiger partial charge in [0.1, 0.15) is 0 Å². The third kappa shape index (κ3) is 2.48. The van der Waals surface area contributed by atoms with Gasteiger partial charge in [-0.25, -0.2) is 4.79 Å². The number of aromatic nitrogens is 2. The molecule has 0 aromatic carbocycles. The van der Waals surface area contributed by atoms with E-state index in [-0.39, 0.29) is 18.2 Å². The van der Waals surface area contributed by atoms with E-state index in [1.165, 1.54) is 10.8 Å². The molecule has 0 radical (unpaired) electrons. The summed E-state index contributed by atoms with van der Waals surface area (Å²) in [5.74, 6) is -0.878. The molecule has 5 heteroatoms. The summed E-state index contributed by atoms with van der Waals surface area (Å²) < 4.78 is 1.44. The van der Waals surface area contributed by atoms with E-state index in [0.29, 0.717) is 6.42 Å². The number of nitrogens with zero attached hydrogens (tertiary/aromatic N) is 1. The Morgan fingerprint density at radius 1 is 1.71 bits per heavy atom. The summed E-state index contributed by atoms with van der Waals surface area (Å²) in [5, 5.41) is 8.67. The smallest absolute Gasteiger partial charge is 0.325 e. The standard InChI is InChI=1S/C9H14N2O3/c1-2-3-7(6-8(12)13)11-5-4-10-9(11)14/h4-5,7H,2-3,6H2,1H3,(H,10,14)(H,12,13). The van der Waals surface area contributed by atoms with Crippen molar-refractivity contribution in [3.05, 3.63) is 22.9 Å². The van der Waals surface area contributed by atoms with Gasteiger partial charge in [0.15, 0.2) is 0 Å². The predicted octanol–water partition coefficient (Wildman–Crippen LogP) is 0.992. The lowest BCUT2D eigenvalue weighted by atomic mass is 10.1. The van der Waals surface area contributed by atoms with Gasteiger partial charge in [-0.3, -0.25) is 9.36 Å². The first-order valence-corrected chi connectivity index (χ1v) is 4.62. The van der Waals surface area contributed by atoms with Gasteiger partial charge in [-0.05, 0) is 6.42 Å². The van der Waals surface area contributed by atoms with Crippen LogP contribution in [-0.2, 0) is 4.79 Å². The maximum atomic E-state index is 11.2. The molecule has 78 valence electrons. The highest BCUT2D eigenvalue weighted by molar-refractivity contribution is 5.67. The van der Waals surface area contributed by atoms with Gasteiger partial charge in [-0.1, -0.05) is 13.3 Å². The lowest BCUT2D eigenvalue weighted by Crippen LogP contribution is -2.23. The van der Waals surface area contributed by atoms with E-state index in [2.05, 4.69) is 4.98 Å². The largest absolute Gasteiger partial charge is 0.481 e. The molecular formula is C9H14N2O3. The SMILES string of the molecule is CCCC(CC(=O)O)n1cc[nH]c1=O. The molecular weight excluding hydrogens is 184 g/mol. The van der Waals surface area contributed by atoms with Crippen LogP contribution in [0.1, 0.15) is 32.2 Å². The van der Waals surface area contributed by atoms with Crippen LogP contribution in [0, 0.1) is 0 Å². The van der Waals surface area contributed by atoms with E-state index in [1.54, 1.807) is 6.20 Å². The molecule has 1 heterocycles. The van der Waals surface area contributed by atoms with E-state index in [1.807, 2.05) is 6.92 Å². The van der Waals surface area contributed by atoms with E-state index in [9.17, 15) is 9.59 Å². The summed E-state index contributed by atoms with van der Waals surface area (Å²) in [7, 11) is 0. The fourth-order valence-electron chi connectivity index (χ4n) is 1.49. The molecule has 1 aromatic rings. The van der Waals surface area contributed by atoms with Crippen LogP contribution in [0.3, 0.4) is 0 Å². The third-order valence-corrected chi connectivity index (χ3v) is 2.10. The molecule has 0 aliphatic carbocycles. The van der Waals surface area contributed by atoms with Crippen molar-refractivity contribution in [2.24, 2.45) is 0 Å². The van der Waals surface area contributed by atoms with Crippen LogP contribution >= 0.6 is 0 Å². The Hall–Kier alpha value is -1.52. The van der Waals surface area contributed by atoms with Gasteiger partial charge in [0.05, 0.1) is 6.42 Å². The Labute approximate surface area is 81.4 Å². The number of aliphatic carboxylic acids is 1. The summed E-state index contributed by atoms with van der Waals surface area (Å²) in [6.45, 7) is 1.96. The summed E-state index contributed by atoms with van der Waals surface area (Å²) in [5.41, 5.74) is -0.246. The van der Waals surface area contributed by atoms with Gasteiger partial charge in [0.2, 0.25) is 0 Å². The average Bonchev–Trinajstić information content (AvgIpc) is 2.50. The van der Waals surface area contributed by atoms with Crippen LogP contribution in [0.4, 0.5) is 0 Å². The number of nitrogens with one attached hydrogen (secondary N) is 1. The summed E-state index contributed by atoms with van der Waals surface area (Å²) in [4.78, 5) is 24.3. The molecule has 0 fully saturated rings. The van der Waals surface area contributed by atoms with Crippen LogP contribution < -0.4 is 5.69 Å². The van der Waals surface area contributed by atoms with Crippen LogP contribution in [0.15, 0.2) is 17.2 Å². The lowest BCUT2D eigenvalue weighted by Gasteiger charge is -2.13. The zero-order valence-corrected chi connectivity index (χ0v) is 8.06. The molecule has 0 bridgehead atoms. The second kappa shape index (κ2) is 4.64. The highest BCUT2D eigenvalue weighted by Gasteiger charge is 2.15. The van der Waals surface area contributed by atoms with Gasteiger partial charge < -0.3 is 10.1 Å². The van der Waals surface area contributed by atoms with Crippen molar-refractivity contribution in [1.82, 2.24) is 9.55 Å². The zero-order chi connectivity index (χ0) is 10.6. The highest BCUT2D eigenvalue weighted by atomic mass is 16.4. The van der Waals surface area contributed by atoms with E-state index in [0.717, 1.165) is 6.42 Å². The molecule has 0 amide bonds. The Balaban J connectivity index is 2.82. The molecule has 2 N–H and O–H groups in total. The van der Waals surface area contributed by atoms with E-state index < -0.39 is 5.97 Å². The van der Waals surface area contributed by atoms with Crippen LogP contribution in [-0.4, -0.2) is 20.6 Å². The second-order valence-electron chi connectivity index (χ2n) is 3.21. The van der Waals surface area contributed by atoms with E-state index >= 15 is 0 Å². The van der Waals surface area contributed by atoms with Gasteiger partial charge in [-0.15, -0.1) is 0 Å². The van der Waals surface area contributed by atoms with Gasteiger partial charge in [0, 0.05) is 18.4 Å². The second-order valence-corrected chi connectivity index (χ2v) is 3.21. The zero-order valence-electron chi connectivity index (χ0n) is 8.06. The van der Waals surface area contributed by atoms with Crippen LogP contribution in [0.2, 0.25) is 0 Å². The minimum absolute atomic E-state index is 0.00833. The molecule has 0 aliphatic rings. The first-order valence-electron chi connectivity index (χ1n) is 4.62. The monoisotopic (exact) mass is 198 g/mol. The maximum absolute atomic E-state index is 11.2. The van der Waals surface area contributed by atoms with Gasteiger partial charge in [-0.2, -0.15) is 0 Å². The number of H-pyrrole nitrogens is 1. The normalized spacial score (nSPS) is 12.6. The number of hydrogen-bond acceptors (Lipinski definition) is 2. The molecule has 14 heavy (non-hydrogen) atoms. The van der Waals surface area contributed by atoms with Crippen molar-refractivity contribution in [2.75, 3.05) is 0 Å². The lowest BCUT2D eigenvalue weighted by molar-refractivity contribution is -0.138. The predicted molar refractivity (Wildman–Crippen MR) is 51.3 cm³/mol. The molecule has 1 rings (SSSR count). The average molecular weight is 198 g/mol. The minimum atomic E-state index is -0.878. The Morgan fingerprint density at radius 2 is 2.43 bits per heavy atom. The van der Waals surface area contributed by atoms with Crippen molar-refractivity contribution in [3.8, 4) is 0 Å². The number of carbonyl (C=O) groups is 1. The molecule has 0 spiro atoms. The first kappa shape index (κ1) is 10.6. The molecule has 1 unspecified atom stereocenters. The summed E-state index contributed by atoms with van der Waals surface area (Å²) in [6.07, 6.45) is 4.66. The van der Waals surface area contributed by atoms with Crippen molar-refractivity contribution in [3.63, 3.8) is 0 Å². The molecule has 5 nitrogen and oxygen atoms in total. The minimum Gasteiger partial charge on any atom is -0.481 e. The number of rotatable bonds is 5. The van der Waals surface area contributed by atoms with E-state index in [4.69, 9.17) is 5.11 Å². The molecule has 1 atom stereocenters. The molecule has 1 aromatic heterocycles. The Bertz CT molecular complexity index is 353. The first-order chi connectivity index (χ1) is 6.65. The molecule has 0 saturated carbocycles. The number of hydrogen-bond donors (Lipinski definition) is 2. The fourth-order valence-corrected chi connectivity index (χ4v) is 1.49. The number of carboxylic acid groups (broad SMARTS) is 1. The van der Waals surface area contributed by atoms with Crippen molar-refractivity contribution in [2.45, 2.75) is 32.2 Å². The van der Waals surface area contributed by atoms with Crippen LogP contribution in [0.25, 0.3) is 0 Å². The Morgan fingerprint density at radius 3 is 2.86 bits per heavy atom. The van der Waals surface area contributed by atoms with Crippen molar-refractivity contribution in [1.29, 1.82) is 0 Å². The molecule has 0 saturated heterocycles. The van der Waals surface area contributed by atoms with Crippen molar-refractivity contribution < 1.29 is 9.90 Å². The maximum Gasteiger partial charge on any atom is 0.325 e. The summed E-state index contributed by atoms with van der Waals surface area (Å²) >= 11 is 0. The topological polar surface area (TPSA) is 75.1 Å². The number of imidazole rings is 1. The summed E-state index contributed by atoms with van der Waals surface area (Å²) in [6, 6.07) is -0.240. The molecule has 0 aliphatic heterocycles. The van der Waals surface area contributed by atoms with Gasteiger partial charge >= 0.3 is 11.7 Å². The number of aromatic amines is 1.